The van der Waals surface area contributed by atoms with Gasteiger partial charge in [0.25, 0.3) is 11.8 Å². The van der Waals surface area contributed by atoms with E-state index in [2.05, 4.69) is 32.5 Å². The minimum Gasteiger partial charge on any atom is -0.377 e. The molecule has 2 atom stereocenters. The Morgan fingerprint density at radius 3 is 2.75 bits per heavy atom. The zero-order valence-corrected chi connectivity index (χ0v) is 19.7. The number of hydrogen-bond acceptors (Lipinski definition) is 6. The van der Waals surface area contributed by atoms with Gasteiger partial charge in [-0.1, -0.05) is 11.6 Å². The summed E-state index contributed by atoms with van der Waals surface area (Å²) in [5.74, 6) is -0.480. The first-order valence-corrected chi connectivity index (χ1v) is 11.3. The number of likely N-dealkylation sites (N-methyl/N-ethyl adjacent to an activating group) is 1. The van der Waals surface area contributed by atoms with Crippen LogP contribution in [0, 0.1) is 0 Å². The van der Waals surface area contributed by atoms with Gasteiger partial charge in [-0.3, -0.25) is 9.59 Å². The Morgan fingerprint density at radius 1 is 1.22 bits per heavy atom. The number of thiazole rings is 1. The Morgan fingerprint density at radius 2 is 1.97 bits per heavy atom. The zero-order chi connectivity index (χ0) is 21.5. The zero-order valence-electron chi connectivity index (χ0n) is 17.3. The van der Waals surface area contributed by atoms with Gasteiger partial charge in [0.05, 0.1) is 31.0 Å². The number of rotatable bonds is 4. The summed E-state index contributed by atoms with van der Waals surface area (Å²) in [7, 11) is 2.06. The van der Waals surface area contributed by atoms with Crippen LogP contribution >= 0.6 is 35.3 Å². The largest absolute Gasteiger partial charge is 0.377 e. The number of nitrogens with zero attached hydrogens (tertiary/aromatic N) is 2. The van der Waals surface area contributed by atoms with Crippen LogP contribution in [0.3, 0.4) is 0 Å². The van der Waals surface area contributed by atoms with Crippen LogP contribution in [-0.2, 0) is 17.7 Å². The van der Waals surface area contributed by atoms with Gasteiger partial charge in [-0.05, 0) is 31.3 Å². The molecule has 32 heavy (non-hydrogen) atoms. The maximum absolute atomic E-state index is 12.8. The number of amides is 2. The number of carbonyl (C=O) groups excluding carboxylic acids is 2. The smallest absolute Gasteiger partial charge is 0.280 e. The molecule has 5 rings (SSSR count). The van der Waals surface area contributed by atoms with Gasteiger partial charge in [-0.25, -0.2) is 4.98 Å². The number of aromatic nitrogens is 2. The molecule has 2 aliphatic rings. The highest BCUT2D eigenvalue weighted by molar-refractivity contribution is 7.13. The van der Waals surface area contributed by atoms with Crippen molar-refractivity contribution >= 4 is 58.1 Å². The molecule has 0 saturated carbocycles. The van der Waals surface area contributed by atoms with Gasteiger partial charge in [0, 0.05) is 40.3 Å². The van der Waals surface area contributed by atoms with E-state index >= 15 is 0 Å². The minimum atomic E-state index is -0.327. The highest BCUT2D eigenvalue weighted by Gasteiger charge is 2.32. The SMILES string of the molecule is CN1CCc2nc(C(=O)NC3COCC3NC(=O)c3cc4cc(Cl)ccc4[nH]3)sc2C1.Cl. The van der Waals surface area contributed by atoms with Crippen LogP contribution in [0.5, 0.6) is 0 Å². The first-order valence-electron chi connectivity index (χ1n) is 10.1. The number of aromatic amines is 1. The van der Waals surface area contributed by atoms with Crippen molar-refractivity contribution in [3.63, 3.8) is 0 Å². The average molecular weight is 496 g/mol. The van der Waals surface area contributed by atoms with Gasteiger partial charge in [0.1, 0.15) is 5.69 Å². The molecule has 0 radical (unpaired) electrons. The van der Waals surface area contributed by atoms with Crippen LogP contribution in [0.15, 0.2) is 24.3 Å². The maximum atomic E-state index is 12.8. The standard InChI is InChI=1S/C21H22ClN5O3S.ClH/c1-27-5-4-14-18(8-27)31-21(26-14)20(29)25-17-10-30-9-16(17)24-19(28)15-7-11-6-12(22)2-3-13(11)23-15;/h2-3,6-7,16-17,23H,4-5,8-10H2,1H3,(H,24,28)(H,25,29);1H. The Balaban J connectivity index is 0.00000245. The third-order valence-electron chi connectivity index (χ3n) is 5.66. The average Bonchev–Trinajstić information content (AvgIpc) is 3.45. The fraction of sp³-hybridized carbons (Fsp3) is 0.381. The quantitative estimate of drug-likeness (QED) is 0.516. The summed E-state index contributed by atoms with van der Waals surface area (Å²) in [6.07, 6.45) is 0.858. The van der Waals surface area contributed by atoms with Gasteiger partial charge in [0.2, 0.25) is 0 Å². The van der Waals surface area contributed by atoms with E-state index in [4.69, 9.17) is 16.3 Å². The van der Waals surface area contributed by atoms with Crippen molar-refractivity contribution in [2.24, 2.45) is 0 Å². The van der Waals surface area contributed by atoms with Crippen LogP contribution in [0.1, 0.15) is 30.9 Å². The number of H-pyrrole nitrogens is 1. The number of fused-ring (bicyclic) bond motifs is 2. The fourth-order valence-corrected chi connectivity index (χ4v) is 5.23. The van der Waals surface area contributed by atoms with Crippen LogP contribution in [-0.4, -0.2) is 65.6 Å². The van der Waals surface area contributed by atoms with E-state index in [1.807, 2.05) is 6.07 Å². The molecule has 0 aliphatic carbocycles. The highest BCUT2D eigenvalue weighted by atomic mass is 35.5. The fourth-order valence-electron chi connectivity index (χ4n) is 3.96. The second-order valence-corrected chi connectivity index (χ2v) is 9.51. The van der Waals surface area contributed by atoms with Gasteiger partial charge < -0.3 is 25.3 Å². The lowest BCUT2D eigenvalue weighted by Gasteiger charge is -2.20. The molecular weight excluding hydrogens is 473 g/mol. The van der Waals surface area contributed by atoms with E-state index in [9.17, 15) is 9.59 Å². The molecule has 1 aromatic carbocycles. The Bertz CT molecular complexity index is 1160. The Hall–Kier alpha value is -2.17. The third kappa shape index (κ3) is 4.62. The summed E-state index contributed by atoms with van der Waals surface area (Å²) in [6.45, 7) is 2.44. The second-order valence-electron chi connectivity index (χ2n) is 7.99. The van der Waals surface area contributed by atoms with Crippen molar-refractivity contribution in [2.45, 2.75) is 25.0 Å². The van der Waals surface area contributed by atoms with E-state index in [-0.39, 0.29) is 36.3 Å². The number of hydrogen-bond donors (Lipinski definition) is 3. The van der Waals surface area contributed by atoms with Crippen molar-refractivity contribution < 1.29 is 14.3 Å². The molecule has 3 aromatic rings. The van der Waals surface area contributed by atoms with E-state index in [0.717, 1.165) is 41.0 Å². The van der Waals surface area contributed by atoms with Crippen LogP contribution in [0.25, 0.3) is 10.9 Å². The molecule has 1 fully saturated rings. The molecule has 8 nitrogen and oxygen atoms in total. The number of nitrogens with one attached hydrogen (secondary N) is 3. The first-order chi connectivity index (χ1) is 15.0. The lowest BCUT2D eigenvalue weighted by molar-refractivity contribution is 0.0894. The van der Waals surface area contributed by atoms with Crippen LogP contribution in [0.4, 0.5) is 0 Å². The summed E-state index contributed by atoms with van der Waals surface area (Å²) in [5.41, 5.74) is 2.28. The highest BCUT2D eigenvalue weighted by Crippen LogP contribution is 2.25. The molecule has 3 N–H and O–H groups in total. The van der Waals surface area contributed by atoms with Gasteiger partial charge in [-0.2, -0.15) is 0 Å². The molecule has 2 unspecified atom stereocenters. The molecule has 11 heteroatoms. The van der Waals surface area contributed by atoms with Crippen molar-refractivity contribution in [2.75, 3.05) is 26.8 Å². The maximum Gasteiger partial charge on any atom is 0.280 e. The van der Waals surface area contributed by atoms with Crippen molar-refractivity contribution in [1.29, 1.82) is 0 Å². The number of ether oxygens (including phenoxy) is 1. The van der Waals surface area contributed by atoms with Crippen LogP contribution in [0.2, 0.25) is 5.02 Å². The predicted octanol–water partition coefficient (Wildman–Crippen LogP) is 2.61. The molecule has 170 valence electrons. The van der Waals surface area contributed by atoms with Crippen molar-refractivity contribution in [3.05, 3.63) is 50.6 Å². The topological polar surface area (TPSA) is 99.3 Å². The summed E-state index contributed by atoms with van der Waals surface area (Å²) < 4.78 is 5.53. The third-order valence-corrected chi connectivity index (χ3v) is 6.97. The number of benzene rings is 1. The van der Waals surface area contributed by atoms with E-state index in [1.165, 1.54) is 11.3 Å². The Kier molecular flexibility index (Phi) is 6.73. The minimum absolute atomic E-state index is 0. The lowest BCUT2D eigenvalue weighted by Crippen LogP contribution is -2.51. The summed E-state index contributed by atoms with van der Waals surface area (Å²) in [5, 5.41) is 7.89. The molecular formula is C21H23Cl2N5O3S. The Labute approximate surface area is 200 Å². The predicted molar refractivity (Wildman–Crippen MR) is 126 cm³/mol. The van der Waals surface area contributed by atoms with Gasteiger partial charge in [0.15, 0.2) is 5.01 Å². The van der Waals surface area contributed by atoms with Gasteiger partial charge >= 0.3 is 0 Å². The number of halogens is 2. The molecule has 0 spiro atoms. The molecule has 4 heterocycles. The second kappa shape index (κ2) is 9.36. The normalized spacial score (nSPS) is 20.6. The monoisotopic (exact) mass is 495 g/mol. The molecule has 1 saturated heterocycles. The van der Waals surface area contributed by atoms with E-state index in [0.29, 0.717) is 28.9 Å². The van der Waals surface area contributed by atoms with Crippen molar-refractivity contribution in [1.82, 2.24) is 25.5 Å². The summed E-state index contributed by atoms with van der Waals surface area (Å²) in [6, 6.07) is 6.52. The molecule has 2 amide bonds. The molecule has 2 aliphatic heterocycles. The number of carbonyl (C=O) groups is 2. The summed E-state index contributed by atoms with van der Waals surface area (Å²) >= 11 is 7.46. The lowest BCUT2D eigenvalue weighted by atomic mass is 10.1. The van der Waals surface area contributed by atoms with Crippen molar-refractivity contribution in [3.8, 4) is 0 Å². The summed E-state index contributed by atoms with van der Waals surface area (Å²) in [4.78, 5) is 36.5. The van der Waals surface area contributed by atoms with Crippen LogP contribution < -0.4 is 10.6 Å². The molecule has 0 bridgehead atoms. The van der Waals surface area contributed by atoms with E-state index < -0.39 is 0 Å². The molecule has 2 aromatic heterocycles. The van der Waals surface area contributed by atoms with Gasteiger partial charge in [-0.15, -0.1) is 23.7 Å². The van der Waals surface area contributed by atoms with E-state index in [1.54, 1.807) is 18.2 Å². The first kappa shape index (κ1) is 23.0.